The molecule has 0 N–H and O–H groups in total. The number of carbonyl (C=O) groups excluding carboxylic acids is 2. The van der Waals surface area contributed by atoms with Gasteiger partial charge in [-0.05, 0) is 6.42 Å². The average Bonchev–Trinajstić information content (AvgIpc) is 1.96. The van der Waals surface area contributed by atoms with Crippen LogP contribution in [-0.4, -0.2) is 37.4 Å². The molecule has 1 heterocycles. The van der Waals surface area contributed by atoms with Crippen LogP contribution < -0.4 is 0 Å². The van der Waals surface area contributed by atoms with Crippen molar-refractivity contribution >= 4 is 32.8 Å². The second-order valence-electron chi connectivity index (χ2n) is 2.58. The Morgan fingerprint density at radius 1 is 1.46 bits per heavy atom. The van der Waals surface area contributed by atoms with Gasteiger partial charge in [-0.2, -0.15) is 8.42 Å². The highest BCUT2D eigenvalue weighted by molar-refractivity contribution is 8.15. The molecule has 1 rings (SSSR count). The Hall–Kier alpha value is -0.400. The van der Waals surface area contributed by atoms with Gasteiger partial charge in [-0.3, -0.25) is 13.8 Å². The molecule has 0 bridgehead atoms. The standard InChI is InChI=1S/C6H8O5S2/c1-13(9,10)11-4-2-3-12-6(8)5(4)7/h4H,2-3H2,1H3. The van der Waals surface area contributed by atoms with Crippen LogP contribution >= 0.6 is 11.8 Å². The zero-order valence-corrected chi connectivity index (χ0v) is 8.48. The van der Waals surface area contributed by atoms with Gasteiger partial charge in [-0.25, -0.2) is 0 Å². The Balaban J connectivity index is 2.70. The summed E-state index contributed by atoms with van der Waals surface area (Å²) in [5, 5.41) is -0.625. The minimum Gasteiger partial charge on any atom is -0.287 e. The second kappa shape index (κ2) is 3.77. The maximum absolute atomic E-state index is 11.0. The van der Waals surface area contributed by atoms with Gasteiger partial charge in [-0.15, -0.1) is 0 Å². The highest BCUT2D eigenvalue weighted by Gasteiger charge is 2.33. The van der Waals surface area contributed by atoms with E-state index in [4.69, 9.17) is 0 Å². The first kappa shape index (κ1) is 10.7. The van der Waals surface area contributed by atoms with Crippen molar-refractivity contribution in [3.63, 3.8) is 0 Å². The van der Waals surface area contributed by atoms with Crippen LogP contribution in [0, 0.1) is 0 Å². The molecule has 5 nitrogen and oxygen atoms in total. The predicted octanol–water partition coefficient (Wildman–Crippen LogP) is -0.436. The van der Waals surface area contributed by atoms with E-state index < -0.39 is 27.1 Å². The van der Waals surface area contributed by atoms with Crippen LogP contribution in [0.2, 0.25) is 0 Å². The number of Topliss-reactive ketones (excluding diaryl/α,β-unsaturated/α-hetero) is 1. The second-order valence-corrected chi connectivity index (χ2v) is 5.25. The van der Waals surface area contributed by atoms with Crippen molar-refractivity contribution in [2.45, 2.75) is 12.5 Å². The molecule has 0 spiro atoms. The molecule has 1 aliphatic heterocycles. The average molecular weight is 224 g/mol. The van der Waals surface area contributed by atoms with Crippen LogP contribution in [-0.2, 0) is 23.9 Å². The third kappa shape index (κ3) is 3.09. The first-order chi connectivity index (χ1) is 5.90. The maximum Gasteiger partial charge on any atom is 0.265 e. The molecule has 0 radical (unpaired) electrons. The van der Waals surface area contributed by atoms with Gasteiger partial charge in [0, 0.05) is 5.75 Å². The Kier molecular flexibility index (Phi) is 3.09. The molecule has 0 saturated carbocycles. The van der Waals surface area contributed by atoms with Crippen molar-refractivity contribution in [2.24, 2.45) is 0 Å². The summed E-state index contributed by atoms with van der Waals surface area (Å²) >= 11 is 0.893. The van der Waals surface area contributed by atoms with Crippen LogP contribution in [0.15, 0.2) is 0 Å². The number of rotatable bonds is 2. The van der Waals surface area contributed by atoms with Gasteiger partial charge < -0.3 is 0 Å². The smallest absolute Gasteiger partial charge is 0.265 e. The van der Waals surface area contributed by atoms with Gasteiger partial charge in [0.05, 0.1) is 6.26 Å². The Morgan fingerprint density at radius 3 is 2.62 bits per heavy atom. The fourth-order valence-electron chi connectivity index (χ4n) is 0.895. The quantitative estimate of drug-likeness (QED) is 0.467. The van der Waals surface area contributed by atoms with E-state index in [2.05, 4.69) is 4.18 Å². The zero-order valence-electron chi connectivity index (χ0n) is 6.85. The molecule has 13 heavy (non-hydrogen) atoms. The lowest BCUT2D eigenvalue weighted by molar-refractivity contribution is -0.136. The number of carbonyl (C=O) groups is 2. The fraction of sp³-hybridized carbons (Fsp3) is 0.667. The lowest BCUT2D eigenvalue weighted by Gasteiger charge is -2.17. The van der Waals surface area contributed by atoms with Gasteiger partial charge in [0.1, 0.15) is 6.10 Å². The fourth-order valence-corrected chi connectivity index (χ4v) is 2.29. The maximum atomic E-state index is 11.0. The Labute approximate surface area is 80.0 Å². The summed E-state index contributed by atoms with van der Waals surface area (Å²) in [6, 6.07) is 0. The van der Waals surface area contributed by atoms with E-state index in [1.165, 1.54) is 0 Å². The summed E-state index contributed by atoms with van der Waals surface area (Å²) < 4.78 is 25.8. The highest BCUT2D eigenvalue weighted by Crippen LogP contribution is 2.19. The van der Waals surface area contributed by atoms with E-state index >= 15 is 0 Å². The largest absolute Gasteiger partial charge is 0.287 e. The van der Waals surface area contributed by atoms with Crippen molar-refractivity contribution in [1.29, 1.82) is 0 Å². The Morgan fingerprint density at radius 2 is 2.08 bits per heavy atom. The summed E-state index contributed by atoms with van der Waals surface area (Å²) in [7, 11) is -3.66. The molecule has 1 atom stereocenters. The van der Waals surface area contributed by atoms with Crippen molar-refractivity contribution in [3.05, 3.63) is 0 Å². The van der Waals surface area contributed by atoms with E-state index in [0.717, 1.165) is 18.0 Å². The number of thioether (sulfide) groups is 1. The molecule has 0 aromatic heterocycles. The van der Waals surface area contributed by atoms with Crippen molar-refractivity contribution in [1.82, 2.24) is 0 Å². The van der Waals surface area contributed by atoms with Gasteiger partial charge in [0.15, 0.2) is 0 Å². The van der Waals surface area contributed by atoms with Gasteiger partial charge in [-0.1, -0.05) is 11.8 Å². The molecule has 0 aliphatic carbocycles. The van der Waals surface area contributed by atoms with E-state index in [-0.39, 0.29) is 6.42 Å². The van der Waals surface area contributed by atoms with Crippen molar-refractivity contribution in [3.8, 4) is 0 Å². The normalized spacial score (nSPS) is 24.8. The monoisotopic (exact) mass is 224 g/mol. The van der Waals surface area contributed by atoms with Crippen LogP contribution in [0.1, 0.15) is 6.42 Å². The minimum atomic E-state index is -3.66. The molecule has 1 aliphatic rings. The molecule has 0 amide bonds. The first-order valence-electron chi connectivity index (χ1n) is 3.49. The van der Waals surface area contributed by atoms with Crippen LogP contribution in [0.4, 0.5) is 0 Å². The third-order valence-electron chi connectivity index (χ3n) is 1.40. The summed E-state index contributed by atoms with van der Waals surface area (Å²) in [6.07, 6.45) is 0.0122. The lowest BCUT2D eigenvalue weighted by Crippen LogP contribution is -2.35. The number of ketones is 1. The molecule has 1 saturated heterocycles. The summed E-state index contributed by atoms with van der Waals surface area (Å²) in [4.78, 5) is 21.9. The SMILES string of the molecule is CS(=O)(=O)OC1CCSC(=O)C1=O. The molecule has 7 heteroatoms. The van der Waals surface area contributed by atoms with E-state index in [0.29, 0.717) is 5.75 Å². The molecule has 1 fully saturated rings. The van der Waals surface area contributed by atoms with E-state index in [1.54, 1.807) is 0 Å². The summed E-state index contributed by atoms with van der Waals surface area (Å²) in [5.74, 6) is -0.341. The van der Waals surface area contributed by atoms with Crippen LogP contribution in [0.5, 0.6) is 0 Å². The predicted molar refractivity (Wildman–Crippen MR) is 46.8 cm³/mol. The first-order valence-corrected chi connectivity index (χ1v) is 6.29. The summed E-state index contributed by atoms with van der Waals surface area (Å²) in [5.41, 5.74) is 0. The lowest BCUT2D eigenvalue weighted by atomic mass is 10.2. The molecule has 74 valence electrons. The molecule has 0 aromatic carbocycles. The van der Waals surface area contributed by atoms with E-state index in [1.807, 2.05) is 0 Å². The number of hydrogen-bond acceptors (Lipinski definition) is 6. The van der Waals surface area contributed by atoms with Gasteiger partial charge in [0.25, 0.3) is 15.2 Å². The summed E-state index contributed by atoms with van der Waals surface area (Å²) in [6.45, 7) is 0. The minimum absolute atomic E-state index is 0.266. The van der Waals surface area contributed by atoms with Crippen LogP contribution in [0.3, 0.4) is 0 Å². The third-order valence-corrected chi connectivity index (χ3v) is 2.88. The zero-order chi connectivity index (χ0) is 10.1. The van der Waals surface area contributed by atoms with Gasteiger partial charge in [0.2, 0.25) is 5.78 Å². The highest BCUT2D eigenvalue weighted by atomic mass is 32.2. The van der Waals surface area contributed by atoms with Gasteiger partial charge >= 0.3 is 0 Å². The molecule has 1 unspecified atom stereocenters. The van der Waals surface area contributed by atoms with E-state index in [9.17, 15) is 18.0 Å². The van der Waals surface area contributed by atoms with Crippen LogP contribution in [0.25, 0.3) is 0 Å². The van der Waals surface area contributed by atoms with Crippen molar-refractivity contribution < 1.29 is 22.2 Å². The molecule has 0 aromatic rings. The van der Waals surface area contributed by atoms with Crippen molar-refractivity contribution in [2.75, 3.05) is 12.0 Å². The topological polar surface area (TPSA) is 77.5 Å². The molecular weight excluding hydrogens is 216 g/mol. The number of hydrogen-bond donors (Lipinski definition) is 0. The Bertz CT molecular complexity index is 331. The molecular formula is C6H8O5S2.